The van der Waals surface area contributed by atoms with Crippen molar-refractivity contribution in [3.63, 3.8) is 0 Å². The molecule has 2 N–H and O–H groups in total. The summed E-state index contributed by atoms with van der Waals surface area (Å²) in [5, 5.41) is 0. The van der Waals surface area contributed by atoms with Crippen LogP contribution in [0.25, 0.3) is 0 Å². The maximum absolute atomic E-state index is 11.1. The molecule has 0 aliphatic carbocycles. The summed E-state index contributed by atoms with van der Waals surface area (Å²) in [5.74, 6) is -0.443. The van der Waals surface area contributed by atoms with Crippen molar-refractivity contribution < 1.29 is 9.53 Å². The first-order valence-corrected chi connectivity index (χ1v) is 4.57. The molecular formula is C10H15N3O2. The minimum atomic E-state index is -0.741. The fourth-order valence-corrected chi connectivity index (χ4v) is 1.18. The van der Waals surface area contributed by atoms with E-state index < -0.39 is 12.1 Å². The molecular weight excluding hydrogens is 194 g/mol. The van der Waals surface area contributed by atoms with Crippen molar-refractivity contribution in [2.24, 2.45) is 5.73 Å². The number of pyridine rings is 1. The van der Waals surface area contributed by atoms with Crippen molar-refractivity contribution in [2.75, 3.05) is 14.2 Å². The predicted octanol–water partition coefficient (Wildman–Crippen LogP) is -0.0288. The molecule has 0 radical (unpaired) electrons. The van der Waals surface area contributed by atoms with E-state index >= 15 is 0 Å². The molecule has 0 aromatic carbocycles. The molecule has 0 spiro atoms. The highest BCUT2D eigenvalue weighted by Gasteiger charge is 2.18. The van der Waals surface area contributed by atoms with Gasteiger partial charge >= 0.3 is 5.97 Å². The average Bonchev–Trinajstić information content (AvgIpc) is 2.28. The zero-order valence-electron chi connectivity index (χ0n) is 8.88. The van der Waals surface area contributed by atoms with Crippen molar-refractivity contribution in [2.45, 2.75) is 12.7 Å². The van der Waals surface area contributed by atoms with E-state index in [0.717, 1.165) is 5.56 Å². The Morgan fingerprint density at radius 1 is 1.73 bits per heavy atom. The molecule has 0 aliphatic heterocycles. The Morgan fingerprint density at radius 3 is 3.00 bits per heavy atom. The standard InChI is InChI=1S/C10H15N3O2/c1-13(9(11)10(14)15-2)7-8-4-3-5-12-6-8/h3-6,9H,7,11H2,1-2H3. The van der Waals surface area contributed by atoms with Gasteiger partial charge in [0, 0.05) is 18.9 Å². The Kier molecular flexibility index (Phi) is 4.20. The largest absolute Gasteiger partial charge is 0.467 e. The number of methoxy groups -OCH3 is 1. The summed E-state index contributed by atoms with van der Waals surface area (Å²) >= 11 is 0. The van der Waals surface area contributed by atoms with Gasteiger partial charge < -0.3 is 10.5 Å². The molecule has 5 nitrogen and oxygen atoms in total. The molecule has 1 unspecified atom stereocenters. The van der Waals surface area contributed by atoms with Gasteiger partial charge in [-0.1, -0.05) is 6.07 Å². The number of hydrogen-bond acceptors (Lipinski definition) is 5. The normalized spacial score (nSPS) is 12.5. The Labute approximate surface area is 88.9 Å². The lowest BCUT2D eigenvalue weighted by atomic mass is 10.2. The van der Waals surface area contributed by atoms with Crippen molar-refractivity contribution >= 4 is 5.97 Å². The van der Waals surface area contributed by atoms with E-state index in [0.29, 0.717) is 6.54 Å². The SMILES string of the molecule is COC(=O)C(N)N(C)Cc1cccnc1. The number of nitrogens with zero attached hydrogens (tertiary/aromatic N) is 2. The maximum Gasteiger partial charge on any atom is 0.337 e. The molecule has 82 valence electrons. The van der Waals surface area contributed by atoms with Crippen molar-refractivity contribution in [3.05, 3.63) is 30.1 Å². The van der Waals surface area contributed by atoms with E-state index in [-0.39, 0.29) is 0 Å². The topological polar surface area (TPSA) is 68.5 Å². The molecule has 1 atom stereocenters. The summed E-state index contributed by atoms with van der Waals surface area (Å²) in [7, 11) is 3.08. The zero-order chi connectivity index (χ0) is 11.3. The second-order valence-electron chi connectivity index (χ2n) is 3.24. The number of hydrogen-bond donors (Lipinski definition) is 1. The number of esters is 1. The molecule has 1 aromatic heterocycles. The molecule has 5 heteroatoms. The van der Waals surface area contributed by atoms with Crippen LogP contribution in [0.15, 0.2) is 24.5 Å². The molecule has 0 bridgehead atoms. The van der Waals surface area contributed by atoms with E-state index in [1.54, 1.807) is 24.3 Å². The second kappa shape index (κ2) is 5.43. The molecule has 1 aromatic rings. The molecule has 0 aliphatic rings. The molecule has 15 heavy (non-hydrogen) atoms. The number of aromatic nitrogens is 1. The summed E-state index contributed by atoms with van der Waals surface area (Å²) in [6.45, 7) is 0.560. The van der Waals surface area contributed by atoms with E-state index in [1.807, 2.05) is 12.1 Å². The molecule has 1 rings (SSSR count). The average molecular weight is 209 g/mol. The third-order valence-electron chi connectivity index (χ3n) is 2.07. The molecule has 0 fully saturated rings. The van der Waals surface area contributed by atoms with Gasteiger partial charge in [-0.15, -0.1) is 0 Å². The van der Waals surface area contributed by atoms with E-state index in [2.05, 4.69) is 9.72 Å². The Balaban J connectivity index is 2.56. The number of carbonyl (C=O) groups excluding carboxylic acids is 1. The second-order valence-corrected chi connectivity index (χ2v) is 3.24. The van der Waals surface area contributed by atoms with Gasteiger partial charge in [0.1, 0.15) is 0 Å². The van der Waals surface area contributed by atoms with Crippen LogP contribution in [0.4, 0.5) is 0 Å². The lowest BCUT2D eigenvalue weighted by Gasteiger charge is -2.21. The first-order chi connectivity index (χ1) is 7.15. The smallest absolute Gasteiger partial charge is 0.337 e. The van der Waals surface area contributed by atoms with E-state index in [4.69, 9.17) is 5.73 Å². The van der Waals surface area contributed by atoms with Crippen LogP contribution in [-0.4, -0.2) is 36.2 Å². The van der Waals surface area contributed by atoms with Crippen LogP contribution in [0.5, 0.6) is 0 Å². The third-order valence-corrected chi connectivity index (χ3v) is 2.07. The van der Waals surface area contributed by atoms with Crippen LogP contribution in [0.2, 0.25) is 0 Å². The molecule has 0 saturated heterocycles. The quantitative estimate of drug-likeness (QED) is 0.557. The number of carbonyl (C=O) groups is 1. The van der Waals surface area contributed by atoms with Crippen LogP contribution >= 0.6 is 0 Å². The maximum atomic E-state index is 11.1. The Morgan fingerprint density at radius 2 is 2.47 bits per heavy atom. The van der Waals surface area contributed by atoms with Crippen molar-refractivity contribution in [1.82, 2.24) is 9.88 Å². The number of rotatable bonds is 4. The monoisotopic (exact) mass is 209 g/mol. The van der Waals surface area contributed by atoms with E-state index in [1.165, 1.54) is 7.11 Å². The van der Waals surface area contributed by atoms with Crippen LogP contribution < -0.4 is 5.73 Å². The number of likely N-dealkylation sites (N-methyl/N-ethyl adjacent to an activating group) is 1. The minimum absolute atomic E-state index is 0.443. The summed E-state index contributed by atoms with van der Waals surface area (Å²) in [4.78, 5) is 16.8. The van der Waals surface area contributed by atoms with Gasteiger partial charge in [0.15, 0.2) is 6.17 Å². The van der Waals surface area contributed by atoms with Crippen LogP contribution in [-0.2, 0) is 16.1 Å². The van der Waals surface area contributed by atoms with E-state index in [9.17, 15) is 4.79 Å². The third kappa shape index (κ3) is 3.30. The van der Waals surface area contributed by atoms with Gasteiger partial charge in [-0.3, -0.25) is 9.88 Å². The Hall–Kier alpha value is -1.46. The first kappa shape index (κ1) is 11.6. The highest BCUT2D eigenvalue weighted by Crippen LogP contribution is 2.02. The van der Waals surface area contributed by atoms with Crippen molar-refractivity contribution in [1.29, 1.82) is 0 Å². The van der Waals surface area contributed by atoms with Gasteiger partial charge in [-0.05, 0) is 18.7 Å². The van der Waals surface area contributed by atoms with Gasteiger partial charge in [0.2, 0.25) is 0 Å². The molecule has 1 heterocycles. The molecule has 0 amide bonds. The minimum Gasteiger partial charge on any atom is -0.467 e. The summed E-state index contributed by atoms with van der Waals surface area (Å²) < 4.78 is 4.55. The fourth-order valence-electron chi connectivity index (χ4n) is 1.18. The fraction of sp³-hybridized carbons (Fsp3) is 0.400. The van der Waals surface area contributed by atoms with Crippen LogP contribution in [0.1, 0.15) is 5.56 Å². The van der Waals surface area contributed by atoms with Gasteiger partial charge in [0.05, 0.1) is 7.11 Å². The number of ether oxygens (including phenoxy) is 1. The van der Waals surface area contributed by atoms with Crippen LogP contribution in [0, 0.1) is 0 Å². The summed E-state index contributed by atoms with van der Waals surface area (Å²) in [5.41, 5.74) is 6.65. The molecule has 0 saturated carbocycles. The summed E-state index contributed by atoms with van der Waals surface area (Å²) in [6, 6.07) is 3.76. The predicted molar refractivity (Wildman–Crippen MR) is 55.7 cm³/mol. The van der Waals surface area contributed by atoms with Gasteiger partial charge in [-0.2, -0.15) is 0 Å². The zero-order valence-corrected chi connectivity index (χ0v) is 8.88. The summed E-state index contributed by atoms with van der Waals surface area (Å²) in [6.07, 6.45) is 2.69. The van der Waals surface area contributed by atoms with Gasteiger partial charge in [-0.25, -0.2) is 4.79 Å². The lowest BCUT2D eigenvalue weighted by molar-refractivity contribution is -0.146. The first-order valence-electron chi connectivity index (χ1n) is 4.57. The van der Waals surface area contributed by atoms with Gasteiger partial charge in [0.25, 0.3) is 0 Å². The highest BCUT2D eigenvalue weighted by atomic mass is 16.5. The lowest BCUT2D eigenvalue weighted by Crippen LogP contribution is -2.45. The van der Waals surface area contributed by atoms with Crippen molar-refractivity contribution in [3.8, 4) is 0 Å². The van der Waals surface area contributed by atoms with Crippen LogP contribution in [0.3, 0.4) is 0 Å². The Bertz CT molecular complexity index is 316. The number of nitrogens with two attached hydrogens (primary N) is 1. The highest BCUT2D eigenvalue weighted by molar-refractivity contribution is 5.74.